The summed E-state index contributed by atoms with van der Waals surface area (Å²) in [5, 5.41) is 0. The predicted molar refractivity (Wildman–Crippen MR) is 51.5 cm³/mol. The first-order valence-corrected chi connectivity index (χ1v) is 3.94. The summed E-state index contributed by atoms with van der Waals surface area (Å²) in [6, 6.07) is 9.46. The molecule has 12 heavy (non-hydrogen) atoms. The Morgan fingerprint density at radius 3 is 2.25 bits per heavy atom. The van der Waals surface area contributed by atoms with E-state index in [4.69, 9.17) is 11.5 Å². The molecule has 0 radical (unpaired) electrons. The maximum atomic E-state index is 5.85. The van der Waals surface area contributed by atoms with Gasteiger partial charge in [-0.25, -0.2) is 0 Å². The lowest BCUT2D eigenvalue weighted by Crippen LogP contribution is -2.31. The molecule has 1 aromatic rings. The fourth-order valence-corrected chi connectivity index (χ4v) is 1.04. The average molecular weight is 162 g/mol. The van der Waals surface area contributed by atoms with Crippen LogP contribution < -0.4 is 11.5 Å². The Kier molecular flexibility index (Phi) is 3.02. The molecule has 0 unspecified atom stereocenters. The highest BCUT2D eigenvalue weighted by Crippen LogP contribution is 2.12. The largest absolute Gasteiger partial charge is 0.323 e. The minimum absolute atomic E-state index is 0.149. The van der Waals surface area contributed by atoms with Gasteiger partial charge in [-0.15, -0.1) is 6.58 Å². The van der Waals surface area contributed by atoms with Crippen molar-refractivity contribution in [1.29, 1.82) is 0 Å². The number of nitrogens with two attached hydrogens (primary N) is 2. The first kappa shape index (κ1) is 8.97. The Morgan fingerprint density at radius 1 is 1.17 bits per heavy atom. The third-order valence-electron chi connectivity index (χ3n) is 1.87. The first-order chi connectivity index (χ1) is 5.75. The van der Waals surface area contributed by atoms with Crippen molar-refractivity contribution in [3.8, 4) is 0 Å². The van der Waals surface area contributed by atoms with Crippen molar-refractivity contribution in [2.75, 3.05) is 0 Å². The third kappa shape index (κ3) is 1.94. The van der Waals surface area contributed by atoms with Gasteiger partial charge in [0.1, 0.15) is 0 Å². The fourth-order valence-electron chi connectivity index (χ4n) is 1.04. The fraction of sp³-hybridized carbons (Fsp3) is 0.200. The van der Waals surface area contributed by atoms with Crippen LogP contribution in [-0.2, 0) is 0 Å². The SMILES string of the molecule is C=C[C@@H](N)[C@H](N)c1ccccc1. The van der Waals surface area contributed by atoms with Gasteiger partial charge in [-0.3, -0.25) is 0 Å². The van der Waals surface area contributed by atoms with Crippen LogP contribution in [0, 0.1) is 0 Å². The molecule has 0 aliphatic rings. The van der Waals surface area contributed by atoms with Gasteiger partial charge in [0.2, 0.25) is 0 Å². The normalized spacial score (nSPS) is 15.2. The number of benzene rings is 1. The second kappa shape index (κ2) is 4.04. The van der Waals surface area contributed by atoms with Crippen molar-refractivity contribution in [2.45, 2.75) is 12.1 Å². The maximum absolute atomic E-state index is 5.85. The van der Waals surface area contributed by atoms with Gasteiger partial charge in [-0.05, 0) is 5.56 Å². The van der Waals surface area contributed by atoms with E-state index >= 15 is 0 Å². The highest BCUT2D eigenvalue weighted by Gasteiger charge is 2.10. The van der Waals surface area contributed by atoms with Gasteiger partial charge in [-0.2, -0.15) is 0 Å². The molecule has 64 valence electrons. The predicted octanol–water partition coefficient (Wildman–Crippen LogP) is 1.20. The second-order valence-corrected chi connectivity index (χ2v) is 2.75. The molecule has 0 bridgehead atoms. The van der Waals surface area contributed by atoms with Gasteiger partial charge in [0.25, 0.3) is 0 Å². The zero-order valence-electron chi connectivity index (χ0n) is 6.98. The van der Waals surface area contributed by atoms with E-state index in [1.165, 1.54) is 0 Å². The molecule has 2 nitrogen and oxygen atoms in total. The highest BCUT2D eigenvalue weighted by molar-refractivity contribution is 5.21. The molecule has 2 atom stereocenters. The second-order valence-electron chi connectivity index (χ2n) is 2.75. The standard InChI is InChI=1S/C10H14N2/c1-2-9(11)10(12)8-6-4-3-5-7-8/h2-7,9-10H,1,11-12H2/t9-,10-/m1/s1. The van der Waals surface area contributed by atoms with Crippen molar-refractivity contribution in [1.82, 2.24) is 0 Å². The van der Waals surface area contributed by atoms with Crippen LogP contribution in [0.15, 0.2) is 43.0 Å². The van der Waals surface area contributed by atoms with Crippen LogP contribution in [0.1, 0.15) is 11.6 Å². The van der Waals surface area contributed by atoms with E-state index in [0.717, 1.165) is 5.56 Å². The molecule has 0 aliphatic carbocycles. The number of hydrogen-bond donors (Lipinski definition) is 2. The molecule has 0 saturated heterocycles. The lowest BCUT2D eigenvalue weighted by atomic mass is 10.0. The maximum Gasteiger partial charge on any atom is 0.0485 e. The molecule has 0 aromatic heterocycles. The van der Waals surface area contributed by atoms with Gasteiger partial charge in [0, 0.05) is 12.1 Å². The summed E-state index contributed by atoms with van der Waals surface area (Å²) in [4.78, 5) is 0. The van der Waals surface area contributed by atoms with Crippen LogP contribution in [0.4, 0.5) is 0 Å². The molecule has 1 aromatic carbocycles. The summed E-state index contributed by atoms with van der Waals surface area (Å²) in [7, 11) is 0. The average Bonchev–Trinajstić information content (AvgIpc) is 2.17. The van der Waals surface area contributed by atoms with E-state index in [1.807, 2.05) is 30.3 Å². The molecule has 0 spiro atoms. The van der Waals surface area contributed by atoms with E-state index in [9.17, 15) is 0 Å². The van der Waals surface area contributed by atoms with Crippen molar-refractivity contribution >= 4 is 0 Å². The Hall–Kier alpha value is -1.12. The number of rotatable bonds is 3. The quantitative estimate of drug-likeness (QED) is 0.656. The summed E-state index contributed by atoms with van der Waals surface area (Å²) in [6.45, 7) is 3.60. The first-order valence-electron chi connectivity index (χ1n) is 3.94. The van der Waals surface area contributed by atoms with Gasteiger partial charge >= 0.3 is 0 Å². The molecule has 4 N–H and O–H groups in total. The van der Waals surface area contributed by atoms with Gasteiger partial charge in [0.05, 0.1) is 0 Å². The minimum Gasteiger partial charge on any atom is -0.323 e. The van der Waals surface area contributed by atoms with Crippen LogP contribution >= 0.6 is 0 Å². The Balaban J connectivity index is 2.78. The summed E-state index contributed by atoms with van der Waals surface area (Å²) in [5.74, 6) is 0. The Bertz CT molecular complexity index is 243. The summed E-state index contributed by atoms with van der Waals surface area (Å²) in [6.07, 6.45) is 1.66. The molecular weight excluding hydrogens is 148 g/mol. The van der Waals surface area contributed by atoms with Gasteiger partial charge < -0.3 is 11.5 Å². The third-order valence-corrected chi connectivity index (χ3v) is 1.87. The van der Waals surface area contributed by atoms with Gasteiger partial charge in [0.15, 0.2) is 0 Å². The van der Waals surface area contributed by atoms with E-state index < -0.39 is 0 Å². The zero-order chi connectivity index (χ0) is 8.97. The highest BCUT2D eigenvalue weighted by atomic mass is 14.8. The van der Waals surface area contributed by atoms with Crippen LogP contribution in [0.25, 0.3) is 0 Å². The minimum atomic E-state index is -0.174. The summed E-state index contributed by atoms with van der Waals surface area (Å²) >= 11 is 0. The van der Waals surface area contributed by atoms with Crippen molar-refractivity contribution < 1.29 is 0 Å². The Labute approximate surface area is 72.9 Å². The molecule has 0 heterocycles. The van der Waals surface area contributed by atoms with Crippen LogP contribution in [0.5, 0.6) is 0 Å². The van der Waals surface area contributed by atoms with E-state index in [2.05, 4.69) is 6.58 Å². The molecule has 2 heteroatoms. The van der Waals surface area contributed by atoms with Crippen LogP contribution in [0.2, 0.25) is 0 Å². The number of hydrogen-bond acceptors (Lipinski definition) is 2. The lowest BCUT2D eigenvalue weighted by Gasteiger charge is -2.16. The van der Waals surface area contributed by atoms with Crippen molar-refractivity contribution in [3.05, 3.63) is 48.6 Å². The van der Waals surface area contributed by atoms with Crippen molar-refractivity contribution in [2.24, 2.45) is 11.5 Å². The zero-order valence-corrected chi connectivity index (χ0v) is 6.98. The van der Waals surface area contributed by atoms with Crippen molar-refractivity contribution in [3.63, 3.8) is 0 Å². The topological polar surface area (TPSA) is 52.0 Å². The monoisotopic (exact) mass is 162 g/mol. The molecule has 0 aliphatic heterocycles. The van der Waals surface area contributed by atoms with Crippen LogP contribution in [-0.4, -0.2) is 6.04 Å². The molecule has 0 fully saturated rings. The molecule has 1 rings (SSSR count). The van der Waals surface area contributed by atoms with E-state index in [1.54, 1.807) is 6.08 Å². The van der Waals surface area contributed by atoms with E-state index in [0.29, 0.717) is 0 Å². The molecule has 0 saturated carbocycles. The van der Waals surface area contributed by atoms with Gasteiger partial charge in [-0.1, -0.05) is 36.4 Å². The summed E-state index contributed by atoms with van der Waals surface area (Å²) in [5.41, 5.74) is 12.6. The molecular formula is C10H14N2. The molecule has 0 amide bonds. The van der Waals surface area contributed by atoms with E-state index in [-0.39, 0.29) is 12.1 Å². The summed E-state index contributed by atoms with van der Waals surface area (Å²) < 4.78 is 0. The lowest BCUT2D eigenvalue weighted by molar-refractivity contribution is 0.637. The Morgan fingerprint density at radius 2 is 1.75 bits per heavy atom. The van der Waals surface area contributed by atoms with Crippen LogP contribution in [0.3, 0.4) is 0 Å². The smallest absolute Gasteiger partial charge is 0.0485 e.